The average molecular weight is 218 g/mol. The normalized spacial score (nSPS) is 20.5. The minimum absolute atomic E-state index is 1.07. The highest BCUT2D eigenvalue weighted by Gasteiger charge is 2.11. The average Bonchev–Trinajstić information content (AvgIpc) is 2.07. The molecule has 0 atom stereocenters. The van der Waals surface area contributed by atoms with Gasteiger partial charge in [-0.3, -0.25) is 0 Å². The topological polar surface area (TPSA) is 0 Å². The van der Waals surface area contributed by atoms with E-state index in [1.165, 1.54) is 51.4 Å². The van der Waals surface area contributed by atoms with E-state index in [4.69, 9.17) is 0 Å². The van der Waals surface area contributed by atoms with Crippen LogP contribution in [0.3, 0.4) is 0 Å². The summed E-state index contributed by atoms with van der Waals surface area (Å²) in [5.74, 6) is 1.07. The van der Waals surface area contributed by atoms with E-state index in [1.54, 1.807) is 0 Å². The fraction of sp³-hybridized carbons (Fsp3) is 0.900. The Kier molecular flexibility index (Phi) is 5.26. The number of rotatable bonds is 4. The third kappa shape index (κ3) is 4.15. The van der Waals surface area contributed by atoms with Crippen LogP contribution < -0.4 is 0 Å². The van der Waals surface area contributed by atoms with Crippen molar-refractivity contribution in [3.63, 3.8) is 0 Å². The van der Waals surface area contributed by atoms with Crippen molar-refractivity contribution in [1.82, 2.24) is 0 Å². The number of unbranched alkanes of at least 4 members (excludes halogenated alkanes) is 1. The van der Waals surface area contributed by atoms with Gasteiger partial charge < -0.3 is 0 Å². The number of halogens is 1. The highest BCUT2D eigenvalue weighted by molar-refractivity contribution is 9.10. The molecule has 0 heterocycles. The third-order valence-electron chi connectivity index (χ3n) is 2.65. The standard InChI is InChI=1S/C10H18Br/c11-9-5-4-8-10-6-2-1-3-7-10/h9-10H,1-8H2. The van der Waals surface area contributed by atoms with Crippen molar-refractivity contribution in [2.45, 2.75) is 51.4 Å². The van der Waals surface area contributed by atoms with Gasteiger partial charge >= 0.3 is 0 Å². The van der Waals surface area contributed by atoms with Gasteiger partial charge in [0.05, 0.1) is 0 Å². The van der Waals surface area contributed by atoms with E-state index in [1.807, 2.05) is 0 Å². The smallest absolute Gasteiger partial charge is 0.0271 e. The molecule has 1 aliphatic carbocycles. The zero-order valence-electron chi connectivity index (χ0n) is 7.19. The molecular weight excluding hydrogens is 200 g/mol. The van der Waals surface area contributed by atoms with Gasteiger partial charge in [0.2, 0.25) is 0 Å². The molecule has 1 saturated carbocycles. The molecule has 65 valence electrons. The molecule has 1 aliphatic rings. The van der Waals surface area contributed by atoms with Crippen LogP contribution in [0.4, 0.5) is 0 Å². The fourth-order valence-corrected chi connectivity index (χ4v) is 2.28. The Hall–Kier alpha value is 0.480. The number of hydrogen-bond donors (Lipinski definition) is 0. The molecular formula is C10H18Br. The van der Waals surface area contributed by atoms with Crippen LogP contribution in [-0.2, 0) is 0 Å². The quantitative estimate of drug-likeness (QED) is 0.617. The van der Waals surface area contributed by atoms with Crippen molar-refractivity contribution in [2.75, 3.05) is 0 Å². The molecule has 0 saturated heterocycles. The third-order valence-corrected chi connectivity index (χ3v) is 3.11. The maximum absolute atomic E-state index is 3.35. The van der Waals surface area contributed by atoms with Gasteiger partial charge in [-0.25, -0.2) is 0 Å². The van der Waals surface area contributed by atoms with Crippen LogP contribution in [-0.4, -0.2) is 0 Å². The van der Waals surface area contributed by atoms with Crippen molar-refractivity contribution in [3.8, 4) is 0 Å². The van der Waals surface area contributed by atoms with Crippen molar-refractivity contribution >= 4 is 15.9 Å². The summed E-state index contributed by atoms with van der Waals surface area (Å²) in [4.78, 5) is 0. The Morgan fingerprint density at radius 2 is 1.91 bits per heavy atom. The Morgan fingerprint density at radius 3 is 2.55 bits per heavy atom. The minimum Gasteiger partial charge on any atom is -0.0879 e. The lowest BCUT2D eigenvalue weighted by Crippen LogP contribution is -2.05. The van der Waals surface area contributed by atoms with E-state index in [0.717, 1.165) is 5.92 Å². The second-order valence-corrected chi connectivity index (χ2v) is 4.24. The lowest BCUT2D eigenvalue weighted by Gasteiger charge is -2.20. The van der Waals surface area contributed by atoms with Crippen molar-refractivity contribution in [2.24, 2.45) is 5.92 Å². The molecule has 0 aromatic carbocycles. The van der Waals surface area contributed by atoms with E-state index in [9.17, 15) is 0 Å². The molecule has 1 fully saturated rings. The fourth-order valence-electron chi connectivity index (χ4n) is 1.96. The molecule has 0 aromatic heterocycles. The van der Waals surface area contributed by atoms with Crippen LogP contribution in [0.25, 0.3) is 0 Å². The lowest BCUT2D eigenvalue weighted by atomic mass is 9.86. The van der Waals surface area contributed by atoms with E-state index in [2.05, 4.69) is 21.3 Å². The molecule has 0 aliphatic heterocycles. The first-order valence-corrected chi connectivity index (χ1v) is 5.77. The first-order chi connectivity index (χ1) is 5.43. The molecule has 0 bridgehead atoms. The highest BCUT2D eigenvalue weighted by atomic mass is 79.9. The second-order valence-electron chi connectivity index (χ2n) is 3.59. The van der Waals surface area contributed by atoms with Gasteiger partial charge in [0.15, 0.2) is 0 Å². The Balaban J connectivity index is 1.96. The summed E-state index contributed by atoms with van der Waals surface area (Å²) in [5.41, 5.74) is 0. The number of hydrogen-bond acceptors (Lipinski definition) is 0. The van der Waals surface area contributed by atoms with Crippen LogP contribution in [0, 0.1) is 11.2 Å². The zero-order valence-corrected chi connectivity index (χ0v) is 8.78. The zero-order chi connectivity index (χ0) is 7.94. The molecule has 0 N–H and O–H groups in total. The molecule has 0 spiro atoms. The van der Waals surface area contributed by atoms with Crippen LogP contribution in [0.15, 0.2) is 0 Å². The van der Waals surface area contributed by atoms with Crippen LogP contribution in [0.2, 0.25) is 0 Å². The summed E-state index contributed by atoms with van der Waals surface area (Å²) in [6.45, 7) is 0. The Bertz CT molecular complexity index is 84.9. The largest absolute Gasteiger partial charge is 0.0879 e. The molecule has 1 radical (unpaired) electrons. The molecule has 1 rings (SSSR count). The van der Waals surface area contributed by atoms with E-state index < -0.39 is 0 Å². The van der Waals surface area contributed by atoms with Crippen LogP contribution >= 0.6 is 15.9 Å². The summed E-state index contributed by atoms with van der Waals surface area (Å²) < 4.78 is 0. The van der Waals surface area contributed by atoms with Crippen LogP contribution in [0.5, 0.6) is 0 Å². The van der Waals surface area contributed by atoms with Gasteiger partial charge in [-0.2, -0.15) is 0 Å². The van der Waals surface area contributed by atoms with Gasteiger partial charge in [-0.05, 0) is 12.3 Å². The molecule has 0 nitrogen and oxygen atoms in total. The second kappa shape index (κ2) is 6.05. The van der Waals surface area contributed by atoms with Crippen molar-refractivity contribution < 1.29 is 0 Å². The first-order valence-electron chi connectivity index (χ1n) is 4.85. The summed E-state index contributed by atoms with van der Waals surface area (Å²) in [5, 5.41) is 2.11. The first kappa shape index (κ1) is 9.57. The summed E-state index contributed by atoms with van der Waals surface area (Å²) in [6.07, 6.45) is 11.6. The van der Waals surface area contributed by atoms with Gasteiger partial charge in [-0.1, -0.05) is 60.9 Å². The van der Waals surface area contributed by atoms with Crippen molar-refractivity contribution in [3.05, 3.63) is 5.33 Å². The van der Waals surface area contributed by atoms with E-state index in [0.29, 0.717) is 0 Å². The van der Waals surface area contributed by atoms with E-state index in [-0.39, 0.29) is 0 Å². The summed E-state index contributed by atoms with van der Waals surface area (Å²) >= 11 is 3.35. The monoisotopic (exact) mass is 217 g/mol. The minimum atomic E-state index is 1.07. The molecule has 0 unspecified atom stereocenters. The molecule has 1 heteroatoms. The maximum Gasteiger partial charge on any atom is 0.0271 e. The van der Waals surface area contributed by atoms with Gasteiger partial charge in [0.25, 0.3) is 0 Å². The van der Waals surface area contributed by atoms with Gasteiger partial charge in [-0.15, -0.1) is 0 Å². The predicted molar refractivity (Wildman–Crippen MR) is 53.7 cm³/mol. The van der Waals surface area contributed by atoms with Crippen LogP contribution in [0.1, 0.15) is 51.4 Å². The summed E-state index contributed by atoms with van der Waals surface area (Å²) in [7, 11) is 0. The molecule has 11 heavy (non-hydrogen) atoms. The predicted octanol–water partition coefficient (Wildman–Crippen LogP) is 4.29. The van der Waals surface area contributed by atoms with E-state index >= 15 is 0 Å². The SMILES string of the molecule is Br[CH]CCCC1CCCCC1. The molecule has 0 amide bonds. The van der Waals surface area contributed by atoms with Crippen molar-refractivity contribution in [1.29, 1.82) is 0 Å². The Morgan fingerprint density at radius 1 is 1.18 bits per heavy atom. The van der Waals surface area contributed by atoms with Gasteiger partial charge in [0, 0.05) is 5.33 Å². The lowest BCUT2D eigenvalue weighted by molar-refractivity contribution is 0.333. The maximum atomic E-state index is 3.35. The van der Waals surface area contributed by atoms with Gasteiger partial charge in [0.1, 0.15) is 0 Å². The highest BCUT2D eigenvalue weighted by Crippen LogP contribution is 2.27. The molecule has 0 aromatic rings. The summed E-state index contributed by atoms with van der Waals surface area (Å²) in [6, 6.07) is 0. The Labute approximate surface area is 78.9 Å².